The number of aromatic nitrogens is 3. The predicted octanol–water partition coefficient (Wildman–Crippen LogP) is 2.20. The summed E-state index contributed by atoms with van der Waals surface area (Å²) in [5, 5.41) is 2.82. The number of aryl methyl sites for hydroxylation is 1. The maximum atomic E-state index is 12.0. The van der Waals surface area contributed by atoms with Crippen LogP contribution >= 0.6 is 0 Å². The molecule has 2 heterocycles. The normalized spacial score (nSPS) is 10.7. The molecule has 5 heteroatoms. The van der Waals surface area contributed by atoms with E-state index in [2.05, 4.69) is 20.3 Å². The van der Waals surface area contributed by atoms with E-state index in [1.54, 1.807) is 6.20 Å². The molecule has 1 amide bonds. The van der Waals surface area contributed by atoms with E-state index in [-0.39, 0.29) is 5.91 Å². The Labute approximate surface area is 116 Å². The SMILES string of the molecule is Cc1cccnc1C(=O)NCc1nc2ccccc2[nH]1. The lowest BCUT2D eigenvalue weighted by Crippen LogP contribution is -2.25. The molecular weight excluding hydrogens is 252 g/mol. The van der Waals surface area contributed by atoms with Crippen molar-refractivity contribution >= 4 is 16.9 Å². The van der Waals surface area contributed by atoms with Crippen molar-refractivity contribution in [3.63, 3.8) is 0 Å². The molecule has 3 aromatic rings. The Morgan fingerprint density at radius 1 is 1.25 bits per heavy atom. The second-order valence-corrected chi connectivity index (χ2v) is 4.55. The van der Waals surface area contributed by atoms with Gasteiger partial charge in [-0.2, -0.15) is 0 Å². The maximum absolute atomic E-state index is 12.0. The number of pyridine rings is 1. The Bertz CT molecular complexity index is 730. The lowest BCUT2D eigenvalue weighted by molar-refractivity contribution is 0.0944. The van der Waals surface area contributed by atoms with Gasteiger partial charge in [-0.05, 0) is 30.7 Å². The minimum atomic E-state index is -0.191. The van der Waals surface area contributed by atoms with E-state index in [0.29, 0.717) is 12.2 Å². The second kappa shape index (κ2) is 5.13. The third-order valence-electron chi connectivity index (χ3n) is 3.08. The Hall–Kier alpha value is -2.69. The summed E-state index contributed by atoms with van der Waals surface area (Å²) in [6.45, 7) is 2.21. The van der Waals surface area contributed by atoms with Gasteiger partial charge in [0.15, 0.2) is 0 Å². The summed E-state index contributed by atoms with van der Waals surface area (Å²) < 4.78 is 0. The van der Waals surface area contributed by atoms with Gasteiger partial charge in [0.2, 0.25) is 0 Å². The van der Waals surface area contributed by atoms with Crippen LogP contribution in [-0.2, 0) is 6.54 Å². The smallest absolute Gasteiger partial charge is 0.270 e. The quantitative estimate of drug-likeness (QED) is 0.763. The Balaban J connectivity index is 1.73. The molecule has 2 aromatic heterocycles. The topological polar surface area (TPSA) is 70.7 Å². The monoisotopic (exact) mass is 266 g/mol. The molecule has 0 saturated heterocycles. The molecule has 0 saturated carbocycles. The van der Waals surface area contributed by atoms with Crippen molar-refractivity contribution in [2.24, 2.45) is 0 Å². The highest BCUT2D eigenvalue weighted by atomic mass is 16.1. The number of para-hydroxylation sites is 2. The molecule has 0 aliphatic heterocycles. The van der Waals surface area contributed by atoms with Crippen LogP contribution in [0.1, 0.15) is 21.9 Å². The molecule has 20 heavy (non-hydrogen) atoms. The zero-order valence-electron chi connectivity index (χ0n) is 11.1. The minimum Gasteiger partial charge on any atom is -0.343 e. The summed E-state index contributed by atoms with van der Waals surface area (Å²) in [6, 6.07) is 11.4. The Kier molecular flexibility index (Phi) is 3.16. The number of hydrogen-bond acceptors (Lipinski definition) is 3. The standard InChI is InChI=1S/C15H14N4O/c1-10-5-4-8-16-14(10)15(20)17-9-13-18-11-6-2-3-7-12(11)19-13/h2-8H,9H2,1H3,(H,17,20)(H,18,19). The van der Waals surface area contributed by atoms with Gasteiger partial charge in [0.1, 0.15) is 11.5 Å². The second-order valence-electron chi connectivity index (χ2n) is 4.55. The maximum Gasteiger partial charge on any atom is 0.270 e. The van der Waals surface area contributed by atoms with Gasteiger partial charge < -0.3 is 10.3 Å². The van der Waals surface area contributed by atoms with Gasteiger partial charge in [-0.3, -0.25) is 9.78 Å². The van der Waals surface area contributed by atoms with Crippen LogP contribution in [0.5, 0.6) is 0 Å². The third kappa shape index (κ3) is 2.38. The summed E-state index contributed by atoms with van der Waals surface area (Å²) in [4.78, 5) is 23.7. The first kappa shape index (κ1) is 12.3. The predicted molar refractivity (Wildman–Crippen MR) is 76.2 cm³/mol. The van der Waals surface area contributed by atoms with Gasteiger partial charge in [0, 0.05) is 6.20 Å². The molecular formula is C15H14N4O. The average Bonchev–Trinajstić information content (AvgIpc) is 2.88. The van der Waals surface area contributed by atoms with Crippen LogP contribution in [-0.4, -0.2) is 20.9 Å². The molecule has 1 aromatic carbocycles. The number of aromatic amines is 1. The number of nitrogens with zero attached hydrogens (tertiary/aromatic N) is 2. The zero-order valence-corrected chi connectivity index (χ0v) is 11.1. The molecule has 0 spiro atoms. The van der Waals surface area contributed by atoms with Crippen LogP contribution in [0.3, 0.4) is 0 Å². The molecule has 0 radical (unpaired) electrons. The molecule has 0 bridgehead atoms. The van der Waals surface area contributed by atoms with Gasteiger partial charge >= 0.3 is 0 Å². The summed E-state index contributed by atoms with van der Waals surface area (Å²) in [5.74, 6) is 0.539. The molecule has 0 aliphatic rings. The van der Waals surface area contributed by atoms with Crippen LogP contribution in [0.2, 0.25) is 0 Å². The fraction of sp³-hybridized carbons (Fsp3) is 0.133. The highest BCUT2D eigenvalue weighted by Gasteiger charge is 2.10. The Morgan fingerprint density at radius 2 is 2.10 bits per heavy atom. The van der Waals surface area contributed by atoms with Crippen molar-refractivity contribution < 1.29 is 4.79 Å². The first-order valence-electron chi connectivity index (χ1n) is 6.37. The van der Waals surface area contributed by atoms with E-state index in [0.717, 1.165) is 22.4 Å². The van der Waals surface area contributed by atoms with E-state index >= 15 is 0 Å². The number of H-pyrrole nitrogens is 1. The average molecular weight is 266 g/mol. The van der Waals surface area contributed by atoms with E-state index < -0.39 is 0 Å². The number of hydrogen-bond donors (Lipinski definition) is 2. The molecule has 2 N–H and O–H groups in total. The van der Waals surface area contributed by atoms with E-state index in [1.165, 1.54) is 0 Å². The number of carbonyl (C=O) groups is 1. The van der Waals surface area contributed by atoms with Crippen molar-refractivity contribution in [2.45, 2.75) is 13.5 Å². The van der Waals surface area contributed by atoms with Gasteiger partial charge in [-0.25, -0.2) is 4.98 Å². The van der Waals surface area contributed by atoms with E-state index in [4.69, 9.17) is 0 Å². The minimum absolute atomic E-state index is 0.191. The number of benzene rings is 1. The summed E-state index contributed by atoms with van der Waals surface area (Å²) in [6.07, 6.45) is 1.61. The van der Waals surface area contributed by atoms with Crippen LogP contribution in [0.4, 0.5) is 0 Å². The van der Waals surface area contributed by atoms with E-state index in [1.807, 2.05) is 43.3 Å². The molecule has 3 rings (SSSR count). The zero-order chi connectivity index (χ0) is 13.9. The fourth-order valence-electron chi connectivity index (χ4n) is 2.06. The van der Waals surface area contributed by atoms with Gasteiger partial charge in [0.25, 0.3) is 5.91 Å². The van der Waals surface area contributed by atoms with Crippen LogP contribution in [0, 0.1) is 6.92 Å². The third-order valence-corrected chi connectivity index (χ3v) is 3.08. The van der Waals surface area contributed by atoms with Crippen LogP contribution in [0.15, 0.2) is 42.6 Å². The van der Waals surface area contributed by atoms with Crippen LogP contribution in [0.25, 0.3) is 11.0 Å². The number of carbonyl (C=O) groups excluding carboxylic acids is 1. The highest BCUT2D eigenvalue weighted by molar-refractivity contribution is 5.93. The largest absolute Gasteiger partial charge is 0.343 e. The summed E-state index contributed by atoms with van der Waals surface area (Å²) in [7, 11) is 0. The number of rotatable bonds is 3. The first-order valence-corrected chi connectivity index (χ1v) is 6.37. The fourth-order valence-corrected chi connectivity index (χ4v) is 2.06. The number of imidazole rings is 1. The number of nitrogens with one attached hydrogen (secondary N) is 2. The molecule has 100 valence electrons. The molecule has 0 aliphatic carbocycles. The molecule has 5 nitrogen and oxygen atoms in total. The van der Waals surface area contributed by atoms with Gasteiger partial charge in [0.05, 0.1) is 17.6 Å². The van der Waals surface area contributed by atoms with Gasteiger partial charge in [-0.15, -0.1) is 0 Å². The first-order chi connectivity index (χ1) is 9.74. The lowest BCUT2D eigenvalue weighted by Gasteiger charge is -2.04. The molecule has 0 atom stereocenters. The van der Waals surface area contributed by atoms with Crippen molar-refractivity contribution in [1.29, 1.82) is 0 Å². The van der Waals surface area contributed by atoms with Crippen molar-refractivity contribution in [2.75, 3.05) is 0 Å². The van der Waals surface area contributed by atoms with Crippen LogP contribution < -0.4 is 5.32 Å². The molecule has 0 fully saturated rings. The number of amides is 1. The Morgan fingerprint density at radius 3 is 2.90 bits per heavy atom. The summed E-state index contributed by atoms with van der Waals surface area (Å²) in [5.41, 5.74) is 3.16. The number of fused-ring (bicyclic) bond motifs is 1. The van der Waals surface area contributed by atoms with Crippen molar-refractivity contribution in [1.82, 2.24) is 20.3 Å². The highest BCUT2D eigenvalue weighted by Crippen LogP contribution is 2.10. The summed E-state index contributed by atoms with van der Waals surface area (Å²) >= 11 is 0. The lowest BCUT2D eigenvalue weighted by atomic mass is 10.2. The van der Waals surface area contributed by atoms with Gasteiger partial charge in [-0.1, -0.05) is 18.2 Å². The van der Waals surface area contributed by atoms with Crippen molar-refractivity contribution in [3.8, 4) is 0 Å². The van der Waals surface area contributed by atoms with E-state index in [9.17, 15) is 4.79 Å². The molecule has 0 unspecified atom stereocenters. The van der Waals surface area contributed by atoms with Crippen molar-refractivity contribution in [3.05, 3.63) is 59.7 Å².